The van der Waals surface area contributed by atoms with E-state index in [-0.39, 0.29) is 10.8 Å². The highest BCUT2D eigenvalue weighted by atomic mass is 32.1. The summed E-state index contributed by atoms with van der Waals surface area (Å²) in [5.41, 5.74) is 3.68. The molecule has 0 heterocycles. The molecule has 2 aromatic rings. The van der Waals surface area contributed by atoms with Crippen molar-refractivity contribution in [2.75, 3.05) is 5.32 Å². The number of hydrogen-bond donors (Lipinski definition) is 2. The molecule has 0 saturated carbocycles. The summed E-state index contributed by atoms with van der Waals surface area (Å²) in [6.07, 6.45) is -2.91. The average Bonchev–Trinajstić information content (AvgIpc) is 2.55. The van der Waals surface area contributed by atoms with Crippen molar-refractivity contribution in [1.82, 2.24) is 5.43 Å². The van der Waals surface area contributed by atoms with Crippen LogP contribution in [-0.4, -0.2) is 11.3 Å². The van der Waals surface area contributed by atoms with Gasteiger partial charge in [-0.05, 0) is 41.4 Å². The minimum absolute atomic E-state index is 0.0215. The lowest BCUT2D eigenvalue weighted by atomic mass is 10.0. The standard InChI is InChI=1S/C18H18F3N3S/c1-12(2)14-9-7-13(8-10-14)11-22-24-17(25)23-16-6-4-3-5-15(16)18(19,20)21/h3-12H,1-2H3,(H2,23,24,25)/b22-11-. The van der Waals surface area contributed by atoms with Gasteiger partial charge in [0, 0.05) is 0 Å². The second kappa shape index (κ2) is 8.11. The number of alkyl halides is 3. The van der Waals surface area contributed by atoms with E-state index >= 15 is 0 Å². The molecule has 2 N–H and O–H groups in total. The number of benzene rings is 2. The van der Waals surface area contributed by atoms with Gasteiger partial charge in [-0.1, -0.05) is 50.2 Å². The summed E-state index contributed by atoms with van der Waals surface area (Å²) in [7, 11) is 0. The summed E-state index contributed by atoms with van der Waals surface area (Å²) in [4.78, 5) is 0. The Morgan fingerprint density at radius 1 is 1.08 bits per heavy atom. The molecule has 0 amide bonds. The van der Waals surface area contributed by atoms with Crippen LogP contribution in [0.15, 0.2) is 53.6 Å². The second-order valence-corrected chi connectivity index (χ2v) is 6.10. The van der Waals surface area contributed by atoms with E-state index in [0.717, 1.165) is 11.6 Å². The Kier molecular flexibility index (Phi) is 6.14. The fourth-order valence-electron chi connectivity index (χ4n) is 2.12. The smallest absolute Gasteiger partial charge is 0.331 e. The van der Waals surface area contributed by atoms with Crippen molar-refractivity contribution < 1.29 is 13.2 Å². The highest BCUT2D eigenvalue weighted by Crippen LogP contribution is 2.34. The monoisotopic (exact) mass is 365 g/mol. The van der Waals surface area contributed by atoms with E-state index in [1.54, 1.807) is 6.21 Å². The SMILES string of the molecule is CC(C)c1ccc(/C=N\NC(=S)Nc2ccccc2C(F)(F)F)cc1. The first-order valence-corrected chi connectivity index (χ1v) is 8.04. The molecule has 2 aromatic carbocycles. The van der Waals surface area contributed by atoms with Gasteiger partial charge in [-0.2, -0.15) is 18.3 Å². The van der Waals surface area contributed by atoms with Crippen LogP contribution in [0.4, 0.5) is 18.9 Å². The molecular formula is C18H18F3N3S. The number of hydrogen-bond acceptors (Lipinski definition) is 2. The maximum atomic E-state index is 12.9. The molecule has 0 fully saturated rings. The normalized spacial score (nSPS) is 11.8. The Hall–Kier alpha value is -2.41. The third kappa shape index (κ3) is 5.56. The van der Waals surface area contributed by atoms with Gasteiger partial charge in [-0.3, -0.25) is 5.43 Å². The van der Waals surface area contributed by atoms with Gasteiger partial charge in [0.15, 0.2) is 5.11 Å². The largest absolute Gasteiger partial charge is 0.418 e. The van der Waals surface area contributed by atoms with Gasteiger partial charge < -0.3 is 5.32 Å². The van der Waals surface area contributed by atoms with Crippen LogP contribution in [0.25, 0.3) is 0 Å². The molecule has 0 saturated heterocycles. The molecule has 7 heteroatoms. The second-order valence-electron chi connectivity index (χ2n) is 5.69. The summed E-state index contributed by atoms with van der Waals surface area (Å²) < 4.78 is 38.8. The third-order valence-corrected chi connectivity index (χ3v) is 3.66. The van der Waals surface area contributed by atoms with Crippen LogP contribution < -0.4 is 10.7 Å². The van der Waals surface area contributed by atoms with Gasteiger partial charge in [-0.15, -0.1) is 0 Å². The molecule has 2 rings (SSSR count). The van der Waals surface area contributed by atoms with Crippen LogP contribution >= 0.6 is 12.2 Å². The highest BCUT2D eigenvalue weighted by molar-refractivity contribution is 7.80. The number of para-hydroxylation sites is 1. The van der Waals surface area contributed by atoms with Crippen LogP contribution in [0.1, 0.15) is 36.5 Å². The summed E-state index contributed by atoms with van der Waals surface area (Å²) in [5.74, 6) is 0.439. The van der Waals surface area contributed by atoms with Crippen LogP contribution in [0.3, 0.4) is 0 Å². The van der Waals surface area contributed by atoms with E-state index in [2.05, 4.69) is 29.7 Å². The molecule has 0 bridgehead atoms. The minimum atomic E-state index is -4.46. The highest BCUT2D eigenvalue weighted by Gasteiger charge is 2.33. The van der Waals surface area contributed by atoms with Crippen molar-refractivity contribution in [2.45, 2.75) is 25.9 Å². The summed E-state index contributed by atoms with van der Waals surface area (Å²) in [6.45, 7) is 4.21. The van der Waals surface area contributed by atoms with E-state index in [0.29, 0.717) is 5.92 Å². The van der Waals surface area contributed by atoms with E-state index in [1.165, 1.54) is 23.8 Å². The summed E-state index contributed by atoms with van der Waals surface area (Å²) in [6, 6.07) is 13.0. The number of nitrogens with zero attached hydrogens (tertiary/aromatic N) is 1. The Labute approximate surface area is 149 Å². The first-order valence-electron chi connectivity index (χ1n) is 7.63. The molecular weight excluding hydrogens is 347 g/mol. The zero-order valence-corrected chi connectivity index (χ0v) is 14.6. The molecule has 0 radical (unpaired) electrons. The Bertz CT molecular complexity index is 753. The van der Waals surface area contributed by atoms with Crippen molar-refractivity contribution in [3.05, 3.63) is 65.2 Å². The average molecular weight is 365 g/mol. The van der Waals surface area contributed by atoms with Crippen molar-refractivity contribution in [2.24, 2.45) is 5.10 Å². The van der Waals surface area contributed by atoms with Gasteiger partial charge >= 0.3 is 6.18 Å². The Morgan fingerprint density at radius 2 is 1.72 bits per heavy atom. The number of halogens is 3. The maximum absolute atomic E-state index is 12.9. The van der Waals surface area contributed by atoms with Crippen molar-refractivity contribution in [3.8, 4) is 0 Å². The number of thiocarbonyl (C=S) groups is 1. The van der Waals surface area contributed by atoms with E-state index in [9.17, 15) is 13.2 Å². The van der Waals surface area contributed by atoms with Crippen LogP contribution in [0.5, 0.6) is 0 Å². The summed E-state index contributed by atoms with van der Waals surface area (Å²) >= 11 is 4.99. The van der Waals surface area contributed by atoms with Crippen molar-refractivity contribution in [3.63, 3.8) is 0 Å². The zero-order valence-electron chi connectivity index (χ0n) is 13.8. The zero-order chi connectivity index (χ0) is 18.4. The number of nitrogens with one attached hydrogen (secondary N) is 2. The molecule has 0 aromatic heterocycles. The minimum Gasteiger partial charge on any atom is -0.331 e. The lowest BCUT2D eigenvalue weighted by Crippen LogP contribution is -2.25. The van der Waals surface area contributed by atoms with Crippen LogP contribution in [0.2, 0.25) is 0 Å². The molecule has 0 aliphatic carbocycles. The van der Waals surface area contributed by atoms with Crippen molar-refractivity contribution in [1.29, 1.82) is 0 Å². The fraction of sp³-hybridized carbons (Fsp3) is 0.222. The number of rotatable bonds is 4. The van der Waals surface area contributed by atoms with E-state index in [4.69, 9.17) is 12.2 Å². The number of anilines is 1. The van der Waals surface area contributed by atoms with Gasteiger partial charge in [-0.25, -0.2) is 0 Å². The first kappa shape index (κ1) is 18.9. The molecule has 25 heavy (non-hydrogen) atoms. The third-order valence-electron chi connectivity index (χ3n) is 3.46. The van der Waals surface area contributed by atoms with Gasteiger partial charge in [0.1, 0.15) is 0 Å². The van der Waals surface area contributed by atoms with Crippen LogP contribution in [-0.2, 0) is 6.18 Å². The van der Waals surface area contributed by atoms with Crippen molar-refractivity contribution >= 4 is 29.2 Å². The molecule has 0 spiro atoms. The molecule has 132 valence electrons. The molecule has 0 aliphatic heterocycles. The van der Waals surface area contributed by atoms with E-state index < -0.39 is 11.7 Å². The summed E-state index contributed by atoms with van der Waals surface area (Å²) in [5, 5.41) is 6.44. The Balaban J connectivity index is 1.97. The lowest BCUT2D eigenvalue weighted by molar-refractivity contribution is -0.136. The Morgan fingerprint density at radius 3 is 2.32 bits per heavy atom. The van der Waals surface area contributed by atoms with Crippen LogP contribution in [0, 0.1) is 0 Å². The van der Waals surface area contributed by atoms with E-state index in [1.807, 2.05) is 24.3 Å². The van der Waals surface area contributed by atoms with Gasteiger partial charge in [0.25, 0.3) is 0 Å². The molecule has 0 unspecified atom stereocenters. The predicted molar refractivity (Wildman–Crippen MR) is 98.9 cm³/mol. The maximum Gasteiger partial charge on any atom is 0.418 e. The molecule has 0 aliphatic rings. The number of hydrazone groups is 1. The topological polar surface area (TPSA) is 36.4 Å². The molecule has 3 nitrogen and oxygen atoms in total. The van der Waals surface area contributed by atoms with Gasteiger partial charge in [0.05, 0.1) is 17.5 Å². The lowest BCUT2D eigenvalue weighted by Gasteiger charge is -2.14. The quantitative estimate of drug-likeness (QED) is 0.447. The fourth-order valence-corrected chi connectivity index (χ4v) is 2.28. The first-order chi connectivity index (χ1) is 11.8. The van der Waals surface area contributed by atoms with Gasteiger partial charge in [0.2, 0.25) is 0 Å². The predicted octanol–water partition coefficient (Wildman–Crippen LogP) is 5.15. The molecule has 0 atom stereocenters.